The molecule has 8 heteroatoms. The van der Waals surface area contributed by atoms with Gasteiger partial charge in [-0.3, -0.25) is 14.5 Å². The van der Waals surface area contributed by atoms with Crippen LogP contribution in [-0.4, -0.2) is 45.8 Å². The molecule has 1 aliphatic rings. The van der Waals surface area contributed by atoms with Crippen molar-refractivity contribution in [3.8, 4) is 17.2 Å². The molecule has 1 aliphatic heterocycles. The summed E-state index contributed by atoms with van der Waals surface area (Å²) < 4.78 is 10.5. The van der Waals surface area contributed by atoms with Crippen molar-refractivity contribution in [1.82, 2.24) is 14.8 Å². The molecule has 1 aromatic heterocycles. The van der Waals surface area contributed by atoms with Crippen LogP contribution in [-0.2, 0) is 16.1 Å². The average Bonchev–Trinajstić information content (AvgIpc) is 3.14. The number of aromatic nitrogens is 1. The van der Waals surface area contributed by atoms with Crippen LogP contribution in [0.15, 0.2) is 34.9 Å². The zero-order valence-corrected chi connectivity index (χ0v) is 14.1. The Morgan fingerprint density at radius 1 is 1.12 bits per heavy atom. The van der Waals surface area contributed by atoms with E-state index in [4.69, 9.17) is 9.15 Å². The molecule has 0 N–H and O–H groups in total. The maximum Gasteiger partial charge on any atom is 0.334 e. The molecule has 0 radical (unpaired) electrons. The number of oxazole rings is 1. The molecule has 0 atom stereocenters. The van der Waals surface area contributed by atoms with Gasteiger partial charge in [0.2, 0.25) is 5.89 Å². The normalized spacial score (nSPS) is 14.8. The van der Waals surface area contributed by atoms with Gasteiger partial charge in [-0.2, -0.15) is 0 Å². The molecule has 0 saturated carbocycles. The molecule has 1 saturated heterocycles. The van der Waals surface area contributed by atoms with E-state index in [9.17, 15) is 14.4 Å². The summed E-state index contributed by atoms with van der Waals surface area (Å²) in [6.07, 6.45) is 1.36. The highest BCUT2D eigenvalue weighted by atomic mass is 16.5. The van der Waals surface area contributed by atoms with E-state index in [1.165, 1.54) is 6.26 Å². The van der Waals surface area contributed by atoms with Crippen molar-refractivity contribution in [1.29, 1.82) is 0 Å². The standard InChI is InChI=1S/C17H17N3O5/c1-10(2)20-16(22)15(21)19(17(20)23)8-12-9-25-14(18-12)11-4-6-13(24-3)7-5-11/h4-7,9-10H,8H2,1-3H3. The van der Waals surface area contributed by atoms with Crippen molar-refractivity contribution in [2.45, 2.75) is 26.4 Å². The number of benzene rings is 1. The summed E-state index contributed by atoms with van der Waals surface area (Å²) in [5.41, 5.74) is 1.11. The van der Waals surface area contributed by atoms with Crippen LogP contribution in [0.3, 0.4) is 0 Å². The monoisotopic (exact) mass is 343 g/mol. The Bertz CT molecular complexity index is 825. The second-order valence-electron chi connectivity index (χ2n) is 5.82. The van der Waals surface area contributed by atoms with Crippen LogP contribution in [0.5, 0.6) is 5.75 Å². The Kier molecular flexibility index (Phi) is 4.26. The first kappa shape index (κ1) is 16.7. The first-order chi connectivity index (χ1) is 11.9. The van der Waals surface area contributed by atoms with E-state index in [2.05, 4.69) is 4.98 Å². The summed E-state index contributed by atoms with van der Waals surface area (Å²) in [7, 11) is 1.57. The Hall–Kier alpha value is -3.16. The van der Waals surface area contributed by atoms with Gasteiger partial charge in [0, 0.05) is 11.6 Å². The molecule has 1 fully saturated rings. The van der Waals surface area contributed by atoms with E-state index in [0.717, 1.165) is 15.4 Å². The van der Waals surface area contributed by atoms with Crippen LogP contribution in [0, 0.1) is 0 Å². The van der Waals surface area contributed by atoms with E-state index in [0.29, 0.717) is 17.3 Å². The molecular formula is C17H17N3O5. The van der Waals surface area contributed by atoms with Gasteiger partial charge in [0.25, 0.3) is 0 Å². The zero-order valence-electron chi connectivity index (χ0n) is 14.1. The minimum absolute atomic E-state index is 0.119. The predicted molar refractivity (Wildman–Crippen MR) is 86.4 cm³/mol. The van der Waals surface area contributed by atoms with Crippen LogP contribution in [0.4, 0.5) is 4.79 Å². The summed E-state index contributed by atoms with van der Waals surface area (Å²) >= 11 is 0. The van der Waals surface area contributed by atoms with Gasteiger partial charge in [-0.15, -0.1) is 0 Å². The van der Waals surface area contributed by atoms with Gasteiger partial charge >= 0.3 is 17.8 Å². The topological polar surface area (TPSA) is 93.0 Å². The number of ether oxygens (including phenoxy) is 1. The summed E-state index contributed by atoms with van der Waals surface area (Å²) in [4.78, 5) is 42.3. The van der Waals surface area contributed by atoms with Crippen molar-refractivity contribution in [2.24, 2.45) is 0 Å². The fourth-order valence-corrected chi connectivity index (χ4v) is 2.52. The van der Waals surface area contributed by atoms with Crippen molar-refractivity contribution in [2.75, 3.05) is 7.11 Å². The van der Waals surface area contributed by atoms with Crippen molar-refractivity contribution >= 4 is 17.8 Å². The molecule has 0 aliphatic carbocycles. The highest BCUT2D eigenvalue weighted by Gasteiger charge is 2.45. The summed E-state index contributed by atoms with van der Waals surface area (Å²) in [6.45, 7) is 3.22. The number of methoxy groups -OCH3 is 1. The Morgan fingerprint density at radius 3 is 2.36 bits per heavy atom. The number of urea groups is 1. The number of carbonyl (C=O) groups excluding carboxylic acids is 3. The molecule has 0 spiro atoms. The molecule has 25 heavy (non-hydrogen) atoms. The summed E-state index contributed by atoms with van der Waals surface area (Å²) in [5.74, 6) is -0.619. The number of rotatable bonds is 5. The van der Waals surface area contributed by atoms with Crippen LogP contribution in [0.25, 0.3) is 11.5 Å². The second kappa shape index (κ2) is 6.39. The Labute approximate surface area is 144 Å². The van der Waals surface area contributed by atoms with Crippen LogP contribution < -0.4 is 4.74 Å². The minimum Gasteiger partial charge on any atom is -0.497 e. The second-order valence-corrected chi connectivity index (χ2v) is 5.82. The molecule has 130 valence electrons. The minimum atomic E-state index is -0.854. The fourth-order valence-electron chi connectivity index (χ4n) is 2.52. The number of nitrogens with zero attached hydrogens (tertiary/aromatic N) is 3. The zero-order chi connectivity index (χ0) is 18.1. The first-order valence-corrected chi connectivity index (χ1v) is 7.70. The van der Waals surface area contributed by atoms with Gasteiger partial charge in [-0.05, 0) is 38.1 Å². The van der Waals surface area contributed by atoms with Gasteiger partial charge in [0.15, 0.2) is 0 Å². The molecule has 2 heterocycles. The Morgan fingerprint density at radius 2 is 1.80 bits per heavy atom. The first-order valence-electron chi connectivity index (χ1n) is 7.70. The third-order valence-electron chi connectivity index (χ3n) is 3.81. The molecule has 4 amide bonds. The van der Waals surface area contributed by atoms with Crippen LogP contribution >= 0.6 is 0 Å². The number of hydrogen-bond donors (Lipinski definition) is 0. The molecular weight excluding hydrogens is 326 g/mol. The highest BCUT2D eigenvalue weighted by molar-refractivity contribution is 6.44. The third-order valence-corrected chi connectivity index (χ3v) is 3.81. The van der Waals surface area contributed by atoms with E-state index in [1.807, 2.05) is 0 Å². The summed E-state index contributed by atoms with van der Waals surface area (Å²) in [6, 6.07) is 6.08. The van der Waals surface area contributed by atoms with Crippen molar-refractivity contribution in [3.63, 3.8) is 0 Å². The van der Waals surface area contributed by atoms with Gasteiger partial charge < -0.3 is 9.15 Å². The number of carbonyl (C=O) groups is 3. The SMILES string of the molecule is COc1ccc(-c2nc(CN3C(=O)C(=O)N(C(C)C)C3=O)co2)cc1. The van der Waals surface area contributed by atoms with Crippen molar-refractivity contribution in [3.05, 3.63) is 36.2 Å². The highest BCUT2D eigenvalue weighted by Crippen LogP contribution is 2.23. The maximum atomic E-state index is 12.3. The lowest BCUT2D eigenvalue weighted by atomic mass is 10.2. The van der Waals surface area contributed by atoms with Gasteiger partial charge in [-0.1, -0.05) is 0 Å². The number of hydrogen-bond acceptors (Lipinski definition) is 6. The molecule has 0 unspecified atom stereocenters. The average molecular weight is 343 g/mol. The molecule has 0 bridgehead atoms. The lowest BCUT2D eigenvalue weighted by Crippen LogP contribution is -2.37. The largest absolute Gasteiger partial charge is 0.497 e. The summed E-state index contributed by atoms with van der Waals surface area (Å²) in [5, 5.41) is 0. The van der Waals surface area contributed by atoms with E-state index in [1.54, 1.807) is 45.2 Å². The number of imide groups is 2. The molecule has 3 rings (SSSR count). The van der Waals surface area contributed by atoms with Gasteiger partial charge in [0.1, 0.15) is 12.0 Å². The molecule has 2 aromatic rings. The smallest absolute Gasteiger partial charge is 0.334 e. The third kappa shape index (κ3) is 2.98. The molecule has 8 nitrogen and oxygen atoms in total. The van der Waals surface area contributed by atoms with Gasteiger partial charge in [-0.25, -0.2) is 14.7 Å². The van der Waals surface area contributed by atoms with E-state index in [-0.39, 0.29) is 12.6 Å². The maximum absolute atomic E-state index is 12.3. The van der Waals surface area contributed by atoms with Crippen LogP contribution in [0.1, 0.15) is 19.5 Å². The fraction of sp³-hybridized carbons (Fsp3) is 0.294. The van der Waals surface area contributed by atoms with Crippen LogP contribution in [0.2, 0.25) is 0 Å². The lowest BCUT2D eigenvalue weighted by Gasteiger charge is -2.17. The quantitative estimate of drug-likeness (QED) is 0.609. The lowest BCUT2D eigenvalue weighted by molar-refractivity contribution is -0.144. The molecule has 1 aromatic carbocycles. The van der Waals surface area contributed by atoms with Gasteiger partial charge in [0.05, 0.1) is 19.3 Å². The van der Waals surface area contributed by atoms with Crippen molar-refractivity contribution < 1.29 is 23.5 Å². The van der Waals surface area contributed by atoms with E-state index < -0.39 is 17.8 Å². The Balaban J connectivity index is 1.78. The predicted octanol–water partition coefficient (Wildman–Crippen LogP) is 2.05. The van der Waals surface area contributed by atoms with E-state index >= 15 is 0 Å². The number of amides is 4.